The van der Waals surface area contributed by atoms with Gasteiger partial charge in [0.15, 0.2) is 18.1 Å². The summed E-state index contributed by atoms with van der Waals surface area (Å²) in [4.78, 5) is 11.9. The van der Waals surface area contributed by atoms with Crippen LogP contribution >= 0.6 is 0 Å². The first-order valence-corrected chi connectivity index (χ1v) is 8.04. The molecule has 0 spiro atoms. The van der Waals surface area contributed by atoms with Crippen molar-refractivity contribution in [2.45, 2.75) is 25.6 Å². The summed E-state index contributed by atoms with van der Waals surface area (Å²) in [6.45, 7) is -0.933. The van der Waals surface area contributed by atoms with Gasteiger partial charge in [0.05, 0.1) is 7.11 Å². The predicted octanol–water partition coefficient (Wildman–Crippen LogP) is 3.89. The zero-order chi connectivity index (χ0) is 19.0. The fourth-order valence-electron chi connectivity index (χ4n) is 2.29. The van der Waals surface area contributed by atoms with Crippen LogP contribution in [0.4, 0.5) is 13.2 Å². The molecule has 0 heterocycles. The molecule has 0 radical (unpaired) electrons. The van der Waals surface area contributed by atoms with E-state index in [-0.39, 0.29) is 23.8 Å². The van der Waals surface area contributed by atoms with Gasteiger partial charge < -0.3 is 14.8 Å². The largest absolute Gasteiger partial charge is 0.493 e. The van der Waals surface area contributed by atoms with Gasteiger partial charge in [-0.2, -0.15) is 13.2 Å². The van der Waals surface area contributed by atoms with Gasteiger partial charge in [-0.3, -0.25) is 4.79 Å². The highest BCUT2D eigenvalue weighted by Gasteiger charge is 2.29. The number of rotatable bonds is 8. The highest BCUT2D eigenvalue weighted by molar-refractivity contribution is 5.76. The van der Waals surface area contributed by atoms with Crippen LogP contribution in [0.15, 0.2) is 48.5 Å². The van der Waals surface area contributed by atoms with E-state index in [0.29, 0.717) is 13.0 Å². The number of methoxy groups -OCH3 is 1. The number of hydrogen-bond donors (Lipinski definition) is 1. The van der Waals surface area contributed by atoms with Crippen molar-refractivity contribution in [2.75, 3.05) is 13.7 Å². The summed E-state index contributed by atoms with van der Waals surface area (Å²) in [6, 6.07) is 14.2. The van der Waals surface area contributed by atoms with E-state index in [2.05, 4.69) is 5.32 Å². The van der Waals surface area contributed by atoms with E-state index in [1.165, 1.54) is 13.2 Å². The Bertz CT molecular complexity index is 718. The number of amides is 1. The minimum absolute atomic E-state index is 0.0158. The fourth-order valence-corrected chi connectivity index (χ4v) is 2.29. The maximum absolute atomic E-state index is 12.3. The summed E-state index contributed by atoms with van der Waals surface area (Å²) in [5.74, 6) is 0.115. The van der Waals surface area contributed by atoms with Gasteiger partial charge in [0.25, 0.3) is 0 Å². The molecule has 0 aromatic heterocycles. The minimum Gasteiger partial charge on any atom is -0.493 e. The second kappa shape index (κ2) is 9.12. The van der Waals surface area contributed by atoms with Crippen molar-refractivity contribution in [3.63, 3.8) is 0 Å². The van der Waals surface area contributed by atoms with Crippen molar-refractivity contribution in [2.24, 2.45) is 0 Å². The smallest absolute Gasteiger partial charge is 0.422 e. The monoisotopic (exact) mass is 367 g/mol. The number of halogens is 3. The number of benzene rings is 2. The first-order valence-electron chi connectivity index (χ1n) is 8.04. The first-order chi connectivity index (χ1) is 12.4. The quantitative estimate of drug-likeness (QED) is 0.770. The number of alkyl halides is 3. The summed E-state index contributed by atoms with van der Waals surface area (Å²) in [5.41, 5.74) is 1.78. The van der Waals surface area contributed by atoms with Crippen molar-refractivity contribution >= 4 is 5.91 Å². The second-order valence-corrected chi connectivity index (χ2v) is 5.65. The molecule has 2 rings (SSSR count). The molecule has 0 bridgehead atoms. The summed E-state index contributed by atoms with van der Waals surface area (Å²) >= 11 is 0. The molecule has 7 heteroatoms. The van der Waals surface area contributed by atoms with E-state index in [9.17, 15) is 18.0 Å². The Kier molecular flexibility index (Phi) is 6.89. The molecule has 1 amide bonds. The van der Waals surface area contributed by atoms with Gasteiger partial charge >= 0.3 is 6.18 Å². The molecule has 0 aliphatic rings. The number of aryl methyl sites for hydroxylation is 1. The average molecular weight is 367 g/mol. The zero-order valence-electron chi connectivity index (χ0n) is 14.3. The summed E-state index contributed by atoms with van der Waals surface area (Å²) in [5, 5.41) is 2.83. The van der Waals surface area contributed by atoms with Crippen LogP contribution in [0.5, 0.6) is 11.5 Å². The van der Waals surface area contributed by atoms with Crippen molar-refractivity contribution in [1.29, 1.82) is 0 Å². The number of carbonyl (C=O) groups excluding carboxylic acids is 1. The van der Waals surface area contributed by atoms with E-state index < -0.39 is 12.8 Å². The SMILES string of the molecule is COc1cc(CCC(=O)NCc2ccccc2)ccc1OCC(F)(F)F. The molecule has 26 heavy (non-hydrogen) atoms. The third-order valence-corrected chi connectivity index (χ3v) is 3.59. The highest BCUT2D eigenvalue weighted by Crippen LogP contribution is 2.30. The molecular weight excluding hydrogens is 347 g/mol. The standard InChI is InChI=1S/C19H20F3NO3/c1-25-17-11-14(7-9-16(17)26-13-19(20,21)22)8-10-18(24)23-12-15-5-3-2-4-6-15/h2-7,9,11H,8,10,12-13H2,1H3,(H,23,24). The van der Waals surface area contributed by atoms with E-state index in [0.717, 1.165) is 11.1 Å². The molecule has 2 aromatic carbocycles. The van der Waals surface area contributed by atoms with Crippen LogP contribution in [0.2, 0.25) is 0 Å². The molecule has 0 saturated heterocycles. The average Bonchev–Trinajstić information content (AvgIpc) is 2.63. The van der Waals surface area contributed by atoms with Crippen LogP contribution < -0.4 is 14.8 Å². The molecule has 0 atom stereocenters. The van der Waals surface area contributed by atoms with Gasteiger partial charge in [0.2, 0.25) is 5.91 Å². The highest BCUT2D eigenvalue weighted by atomic mass is 19.4. The van der Waals surface area contributed by atoms with Crippen LogP contribution in [-0.2, 0) is 17.8 Å². The lowest BCUT2D eigenvalue weighted by atomic mass is 10.1. The van der Waals surface area contributed by atoms with Crippen molar-refractivity contribution in [1.82, 2.24) is 5.32 Å². The van der Waals surface area contributed by atoms with Gasteiger partial charge in [0.1, 0.15) is 0 Å². The maximum Gasteiger partial charge on any atom is 0.422 e. The van der Waals surface area contributed by atoms with Crippen LogP contribution in [0.25, 0.3) is 0 Å². The van der Waals surface area contributed by atoms with Crippen LogP contribution in [0, 0.1) is 0 Å². The van der Waals surface area contributed by atoms with Gasteiger partial charge in [0, 0.05) is 13.0 Å². The molecule has 0 saturated carbocycles. The molecule has 4 nitrogen and oxygen atoms in total. The first kappa shape index (κ1) is 19.6. The van der Waals surface area contributed by atoms with Gasteiger partial charge in [-0.1, -0.05) is 36.4 Å². The van der Waals surface area contributed by atoms with E-state index in [4.69, 9.17) is 9.47 Å². The molecule has 0 aliphatic carbocycles. The fraction of sp³-hybridized carbons (Fsp3) is 0.316. The molecule has 140 valence electrons. The molecular formula is C19H20F3NO3. The summed E-state index contributed by atoms with van der Waals surface area (Å²) < 4.78 is 46.6. The van der Waals surface area contributed by atoms with Crippen LogP contribution in [-0.4, -0.2) is 25.8 Å². The Labute approximate surface area is 149 Å². The maximum atomic E-state index is 12.3. The molecule has 0 aliphatic heterocycles. The molecule has 1 N–H and O–H groups in total. The minimum atomic E-state index is -4.42. The molecule has 0 fully saturated rings. The number of ether oxygens (including phenoxy) is 2. The van der Waals surface area contributed by atoms with Gasteiger partial charge in [-0.25, -0.2) is 0 Å². The van der Waals surface area contributed by atoms with Crippen LogP contribution in [0.1, 0.15) is 17.5 Å². The number of nitrogens with one attached hydrogen (secondary N) is 1. The molecule has 2 aromatic rings. The number of hydrogen-bond acceptors (Lipinski definition) is 3. The summed E-state index contributed by atoms with van der Waals surface area (Å²) in [7, 11) is 1.35. The number of carbonyl (C=O) groups is 1. The topological polar surface area (TPSA) is 47.6 Å². The van der Waals surface area contributed by atoms with E-state index >= 15 is 0 Å². The lowest BCUT2D eigenvalue weighted by molar-refractivity contribution is -0.153. The Morgan fingerprint density at radius 1 is 1.04 bits per heavy atom. The predicted molar refractivity (Wildman–Crippen MR) is 91.2 cm³/mol. The van der Waals surface area contributed by atoms with Gasteiger partial charge in [-0.05, 0) is 29.7 Å². The third kappa shape index (κ3) is 6.66. The third-order valence-electron chi connectivity index (χ3n) is 3.59. The van der Waals surface area contributed by atoms with E-state index in [1.54, 1.807) is 12.1 Å². The second-order valence-electron chi connectivity index (χ2n) is 5.65. The Morgan fingerprint density at radius 3 is 2.42 bits per heavy atom. The summed E-state index contributed by atoms with van der Waals surface area (Å²) in [6.07, 6.45) is -3.71. The zero-order valence-corrected chi connectivity index (χ0v) is 14.3. The lowest BCUT2D eigenvalue weighted by Gasteiger charge is -2.13. The van der Waals surface area contributed by atoms with Crippen LogP contribution in [0.3, 0.4) is 0 Å². The van der Waals surface area contributed by atoms with Crippen molar-refractivity contribution < 1.29 is 27.4 Å². The Morgan fingerprint density at radius 2 is 1.77 bits per heavy atom. The Hall–Kier alpha value is -2.70. The van der Waals surface area contributed by atoms with Crippen molar-refractivity contribution in [3.05, 3.63) is 59.7 Å². The van der Waals surface area contributed by atoms with Crippen molar-refractivity contribution in [3.8, 4) is 11.5 Å². The molecule has 0 unspecified atom stereocenters. The van der Waals surface area contributed by atoms with E-state index in [1.807, 2.05) is 30.3 Å². The lowest BCUT2D eigenvalue weighted by Crippen LogP contribution is -2.23. The van der Waals surface area contributed by atoms with Gasteiger partial charge in [-0.15, -0.1) is 0 Å². The normalized spacial score (nSPS) is 11.1. The Balaban J connectivity index is 1.86.